The third-order valence-corrected chi connectivity index (χ3v) is 3.60. The molecular formula is Na7O10P3+2. The Labute approximate surface area is 270 Å². The minimum atomic E-state index is -5.97. The first-order chi connectivity index (χ1) is 5.41. The van der Waals surface area contributed by atoms with E-state index in [4.69, 9.17) is 0 Å². The van der Waals surface area contributed by atoms with Crippen molar-refractivity contribution in [3.05, 3.63) is 0 Å². The van der Waals surface area contributed by atoms with Gasteiger partial charge in [-0.1, -0.05) is 0 Å². The van der Waals surface area contributed by atoms with E-state index in [2.05, 4.69) is 8.62 Å². The Balaban J connectivity index is -0.0000000343. The van der Waals surface area contributed by atoms with Crippen LogP contribution >= 0.6 is 23.5 Å². The van der Waals surface area contributed by atoms with E-state index < -0.39 is 23.5 Å². The predicted molar refractivity (Wildman–Crippen MR) is 25.0 cm³/mol. The maximum Gasteiger partial charge on any atom is 1.00 e. The van der Waals surface area contributed by atoms with E-state index in [0.29, 0.717) is 0 Å². The van der Waals surface area contributed by atoms with Crippen LogP contribution in [0.15, 0.2) is 0 Å². The summed E-state index contributed by atoms with van der Waals surface area (Å²) >= 11 is 0. The van der Waals surface area contributed by atoms with Gasteiger partial charge < -0.3 is 33.6 Å². The van der Waals surface area contributed by atoms with E-state index in [1.165, 1.54) is 0 Å². The molecule has 80 valence electrons. The molecular weight excluding hydrogens is 414 g/mol. The van der Waals surface area contributed by atoms with Gasteiger partial charge in [0.1, 0.15) is 0 Å². The topological polar surface area (TPSA) is 185 Å². The third-order valence-electron chi connectivity index (χ3n) is 0.400. The van der Waals surface area contributed by atoms with Gasteiger partial charge >= 0.3 is 207 Å². The minimum absolute atomic E-state index is 0. The molecule has 0 aliphatic heterocycles. The average Bonchev–Trinajstić information content (AvgIpc) is 1.43. The molecule has 0 aromatic heterocycles. The Hall–Kier alpha value is 7.41. The molecule has 0 unspecified atom stereocenters. The van der Waals surface area contributed by atoms with E-state index in [0.717, 1.165) is 0 Å². The van der Waals surface area contributed by atoms with E-state index in [1.54, 1.807) is 0 Å². The molecule has 0 aromatic rings. The second-order valence-electron chi connectivity index (χ2n) is 1.50. The Kier molecular flexibility index (Phi) is 57.6. The van der Waals surface area contributed by atoms with Crippen molar-refractivity contribution >= 4 is 23.5 Å². The summed E-state index contributed by atoms with van der Waals surface area (Å²) in [6.07, 6.45) is 0. The van der Waals surface area contributed by atoms with Crippen LogP contribution in [0.5, 0.6) is 0 Å². The fourth-order valence-corrected chi connectivity index (χ4v) is 2.61. The first-order valence-corrected chi connectivity index (χ1v) is 6.57. The van der Waals surface area contributed by atoms with Crippen molar-refractivity contribution in [3.8, 4) is 0 Å². The molecule has 0 amide bonds. The monoisotopic (exact) mass is 414 g/mol. The SMILES string of the molecule is O=P([O-])([O-])OP(=O)([O-])OP(=O)([O-])[O-].[Na+].[Na+].[Na+].[Na+].[Na+].[Na+].[Na+]. The van der Waals surface area contributed by atoms with Crippen LogP contribution in [0.3, 0.4) is 0 Å². The van der Waals surface area contributed by atoms with Gasteiger partial charge in [0.25, 0.3) is 7.82 Å². The Morgan fingerprint density at radius 2 is 0.650 bits per heavy atom. The molecule has 10 nitrogen and oxygen atoms in total. The van der Waals surface area contributed by atoms with Gasteiger partial charge in [0.2, 0.25) is 0 Å². The van der Waals surface area contributed by atoms with Gasteiger partial charge in [-0.15, -0.1) is 0 Å². The molecule has 0 aromatic carbocycles. The first-order valence-electron chi connectivity index (χ1n) is 2.19. The number of rotatable bonds is 4. The van der Waals surface area contributed by atoms with E-state index in [9.17, 15) is 38.2 Å². The van der Waals surface area contributed by atoms with E-state index in [-0.39, 0.29) is 207 Å². The molecule has 0 N–H and O–H groups in total. The normalized spacial score (nSPS) is 9.45. The zero-order valence-corrected chi connectivity index (χ0v) is 29.1. The van der Waals surface area contributed by atoms with Crippen molar-refractivity contribution in [2.45, 2.75) is 0 Å². The van der Waals surface area contributed by atoms with Crippen molar-refractivity contribution in [1.29, 1.82) is 0 Å². The minimum Gasteiger partial charge on any atom is -0.790 e. The number of hydrogen-bond acceptors (Lipinski definition) is 10. The van der Waals surface area contributed by atoms with Crippen LogP contribution in [0, 0.1) is 0 Å². The van der Waals surface area contributed by atoms with E-state index in [1.807, 2.05) is 0 Å². The van der Waals surface area contributed by atoms with Gasteiger partial charge in [0.05, 0.1) is 15.6 Å². The Morgan fingerprint density at radius 1 is 0.500 bits per heavy atom. The maximum absolute atomic E-state index is 10.1. The predicted octanol–water partition coefficient (Wildman–Crippen LogP) is -24.8. The smallest absolute Gasteiger partial charge is 0.790 e. The molecule has 0 heterocycles. The fourth-order valence-electron chi connectivity index (χ4n) is 0.260. The summed E-state index contributed by atoms with van der Waals surface area (Å²) in [5.74, 6) is 0. The average molecular weight is 414 g/mol. The quantitative estimate of drug-likeness (QED) is 0.316. The molecule has 0 aliphatic carbocycles. The van der Waals surface area contributed by atoms with Crippen molar-refractivity contribution < 1.29 is 254 Å². The van der Waals surface area contributed by atoms with Gasteiger partial charge in [0.15, 0.2) is 0 Å². The molecule has 0 radical (unpaired) electrons. The zero-order valence-electron chi connectivity index (χ0n) is 12.4. The Bertz CT molecular complexity index is 291. The van der Waals surface area contributed by atoms with Crippen molar-refractivity contribution in [3.63, 3.8) is 0 Å². The second kappa shape index (κ2) is 22.7. The van der Waals surface area contributed by atoms with Crippen molar-refractivity contribution in [2.24, 2.45) is 0 Å². The second-order valence-corrected chi connectivity index (χ2v) is 5.49. The van der Waals surface area contributed by atoms with Crippen LogP contribution in [0.2, 0.25) is 0 Å². The third kappa shape index (κ3) is 40.2. The summed E-state index contributed by atoms with van der Waals surface area (Å²) in [5, 5.41) is 0. The summed E-state index contributed by atoms with van der Waals surface area (Å²) in [5.41, 5.74) is 0. The largest absolute Gasteiger partial charge is 1.00 e. The van der Waals surface area contributed by atoms with Crippen LogP contribution in [-0.4, -0.2) is 0 Å². The van der Waals surface area contributed by atoms with Crippen molar-refractivity contribution in [2.75, 3.05) is 0 Å². The molecule has 0 bridgehead atoms. The van der Waals surface area contributed by atoms with Gasteiger partial charge in [-0.2, -0.15) is 0 Å². The number of phosphoric acid groups is 3. The van der Waals surface area contributed by atoms with Gasteiger partial charge in [-0.05, 0) is 0 Å². The number of hydrogen-bond donors (Lipinski definition) is 0. The molecule has 20 heavy (non-hydrogen) atoms. The Morgan fingerprint density at radius 3 is 0.750 bits per heavy atom. The first kappa shape index (κ1) is 50.7. The summed E-state index contributed by atoms with van der Waals surface area (Å²) in [4.78, 5) is 48.6. The van der Waals surface area contributed by atoms with E-state index >= 15 is 0 Å². The molecule has 0 rings (SSSR count). The molecule has 0 spiro atoms. The summed E-state index contributed by atoms with van der Waals surface area (Å²) in [6, 6.07) is 0. The van der Waals surface area contributed by atoms with Gasteiger partial charge in [-0.3, -0.25) is 13.2 Å². The van der Waals surface area contributed by atoms with Crippen LogP contribution in [0.25, 0.3) is 0 Å². The standard InChI is InChI=1S/7Na.H5O10P3/c;;;;;;;1-11(2,3)9-13(7,8)10-12(4,5)6/h;;;;;;;(H,7,8)(H2,1,2,3)(H2,4,5,6)/q7*+1;/p-5. The summed E-state index contributed by atoms with van der Waals surface area (Å²) in [6.45, 7) is 0. The van der Waals surface area contributed by atoms with Crippen molar-refractivity contribution in [1.82, 2.24) is 0 Å². The van der Waals surface area contributed by atoms with Crippen LogP contribution in [-0.2, 0) is 22.3 Å². The van der Waals surface area contributed by atoms with Crippen LogP contribution in [0.1, 0.15) is 0 Å². The van der Waals surface area contributed by atoms with Crippen LogP contribution < -0.4 is 231 Å². The molecule has 0 aliphatic rings. The molecule has 0 saturated carbocycles. The summed E-state index contributed by atoms with van der Waals surface area (Å²) < 4.78 is 34.7. The van der Waals surface area contributed by atoms with Gasteiger partial charge in [-0.25, -0.2) is 0 Å². The molecule has 0 atom stereocenters. The van der Waals surface area contributed by atoms with Gasteiger partial charge in [0, 0.05) is 0 Å². The molecule has 20 heteroatoms. The maximum atomic E-state index is 10.1. The summed E-state index contributed by atoms with van der Waals surface area (Å²) in [7, 11) is -17.9. The van der Waals surface area contributed by atoms with Crippen LogP contribution in [0.4, 0.5) is 0 Å². The zero-order chi connectivity index (χ0) is 10.9. The fraction of sp³-hybridized carbons (Fsp3) is 0. The molecule has 0 saturated heterocycles. The molecule has 0 fully saturated rings.